The van der Waals surface area contributed by atoms with Gasteiger partial charge in [0.05, 0.1) is 11.8 Å². The monoisotopic (exact) mass is 462 g/mol. The molecular formula is C25H26N4O3S. The second-order valence-electron chi connectivity index (χ2n) is 8.72. The van der Waals surface area contributed by atoms with E-state index in [0.29, 0.717) is 24.9 Å². The van der Waals surface area contributed by atoms with Gasteiger partial charge in [0, 0.05) is 18.2 Å². The van der Waals surface area contributed by atoms with Crippen molar-refractivity contribution < 1.29 is 14.3 Å². The molecular weight excluding hydrogens is 436 g/mol. The predicted molar refractivity (Wildman–Crippen MR) is 125 cm³/mol. The number of carbonyl (C=O) groups is 1. The molecule has 3 heterocycles. The van der Waals surface area contributed by atoms with Gasteiger partial charge in [0.2, 0.25) is 5.91 Å². The number of hydrogen-bond donors (Lipinski definition) is 0. The lowest BCUT2D eigenvalue weighted by Crippen LogP contribution is -2.32. The third kappa shape index (κ3) is 4.08. The van der Waals surface area contributed by atoms with Gasteiger partial charge in [0.15, 0.2) is 16.7 Å². The van der Waals surface area contributed by atoms with Crippen LogP contribution in [0, 0.1) is 0 Å². The lowest BCUT2D eigenvalue weighted by atomic mass is 10.0. The Hall–Kier alpha value is -3.00. The molecule has 8 heteroatoms. The van der Waals surface area contributed by atoms with E-state index in [1.807, 2.05) is 35.2 Å². The summed E-state index contributed by atoms with van der Waals surface area (Å²) >= 11 is 1.48. The fourth-order valence-corrected chi connectivity index (χ4v) is 5.53. The van der Waals surface area contributed by atoms with Crippen molar-refractivity contribution in [3.63, 3.8) is 0 Å². The number of carbonyl (C=O) groups excluding carboxylic acids is 1. The maximum Gasteiger partial charge on any atom is 0.233 e. The van der Waals surface area contributed by atoms with Crippen molar-refractivity contribution in [2.24, 2.45) is 0 Å². The van der Waals surface area contributed by atoms with Crippen LogP contribution in [-0.2, 0) is 4.79 Å². The molecule has 2 aromatic carbocycles. The molecule has 0 radical (unpaired) electrons. The van der Waals surface area contributed by atoms with Gasteiger partial charge in [-0.05, 0) is 55.5 Å². The van der Waals surface area contributed by atoms with Crippen LogP contribution in [0.25, 0.3) is 5.69 Å². The summed E-state index contributed by atoms with van der Waals surface area (Å²) in [6, 6.07) is 16.3. The Morgan fingerprint density at radius 3 is 2.64 bits per heavy atom. The Bertz CT molecular complexity index is 1160. The molecule has 2 fully saturated rings. The minimum atomic E-state index is 0.0722. The molecule has 3 aromatic rings. The fourth-order valence-electron chi connectivity index (χ4n) is 4.69. The van der Waals surface area contributed by atoms with Gasteiger partial charge in [-0.15, -0.1) is 10.2 Å². The first-order valence-electron chi connectivity index (χ1n) is 11.6. The van der Waals surface area contributed by atoms with Gasteiger partial charge in [-0.25, -0.2) is 0 Å². The number of hydrogen-bond acceptors (Lipinski definition) is 6. The van der Waals surface area contributed by atoms with E-state index in [2.05, 4.69) is 33.0 Å². The molecule has 1 saturated carbocycles. The van der Waals surface area contributed by atoms with Crippen molar-refractivity contribution in [1.82, 2.24) is 19.7 Å². The molecule has 0 unspecified atom stereocenters. The molecule has 0 N–H and O–H groups in total. The van der Waals surface area contributed by atoms with Gasteiger partial charge in [0.1, 0.15) is 19.0 Å². The van der Waals surface area contributed by atoms with Crippen molar-refractivity contribution in [2.75, 3.05) is 25.5 Å². The van der Waals surface area contributed by atoms with Crippen LogP contribution in [0.15, 0.2) is 53.7 Å². The highest BCUT2D eigenvalue weighted by Gasteiger charge is 2.33. The summed E-state index contributed by atoms with van der Waals surface area (Å²) in [5, 5.41) is 9.71. The quantitative estimate of drug-likeness (QED) is 0.507. The van der Waals surface area contributed by atoms with Crippen molar-refractivity contribution in [3.05, 3.63) is 59.9 Å². The maximum atomic E-state index is 13.3. The number of amides is 1. The molecule has 1 aliphatic carbocycles. The van der Waals surface area contributed by atoms with Crippen molar-refractivity contribution >= 4 is 17.7 Å². The van der Waals surface area contributed by atoms with Crippen LogP contribution in [0.4, 0.5) is 0 Å². The Kier molecular flexibility index (Phi) is 5.46. The zero-order chi connectivity index (χ0) is 22.2. The third-order valence-electron chi connectivity index (χ3n) is 6.46. The summed E-state index contributed by atoms with van der Waals surface area (Å²) in [4.78, 5) is 15.3. The number of nitrogens with zero attached hydrogens (tertiary/aromatic N) is 4. The lowest BCUT2D eigenvalue weighted by molar-refractivity contribution is -0.129. The second-order valence-corrected chi connectivity index (χ2v) is 9.67. The first-order valence-corrected chi connectivity index (χ1v) is 12.6. The van der Waals surface area contributed by atoms with E-state index in [-0.39, 0.29) is 11.9 Å². The number of ether oxygens (including phenoxy) is 2. The van der Waals surface area contributed by atoms with Crippen LogP contribution < -0.4 is 9.47 Å². The number of benzene rings is 2. The number of aromatic nitrogens is 3. The van der Waals surface area contributed by atoms with Crippen LogP contribution in [0.5, 0.6) is 11.5 Å². The van der Waals surface area contributed by atoms with Gasteiger partial charge in [-0.2, -0.15) is 0 Å². The van der Waals surface area contributed by atoms with Crippen LogP contribution in [0.3, 0.4) is 0 Å². The Balaban J connectivity index is 1.19. The molecule has 2 aliphatic heterocycles. The van der Waals surface area contributed by atoms with Crippen LogP contribution in [0.1, 0.15) is 49.0 Å². The second kappa shape index (κ2) is 8.74. The van der Waals surface area contributed by atoms with Gasteiger partial charge >= 0.3 is 0 Å². The molecule has 1 saturated heterocycles. The molecule has 3 aliphatic rings. The SMILES string of the molecule is O=C(CSc1nnc(C2CC2)n1-c1ccccc1)N1CCC[C@@H]1c1ccc2c(c1)OCCO2. The average Bonchev–Trinajstić information content (AvgIpc) is 3.43. The summed E-state index contributed by atoms with van der Waals surface area (Å²) in [6.45, 7) is 1.91. The number of fused-ring (bicyclic) bond motifs is 1. The van der Waals surface area contributed by atoms with Gasteiger partial charge in [0.25, 0.3) is 0 Å². The molecule has 6 rings (SSSR count). The first-order chi connectivity index (χ1) is 16.3. The van der Waals surface area contributed by atoms with E-state index in [1.54, 1.807) is 0 Å². The summed E-state index contributed by atoms with van der Waals surface area (Å²) in [5.41, 5.74) is 2.16. The van der Waals surface area contributed by atoms with Crippen molar-refractivity contribution in [3.8, 4) is 17.2 Å². The summed E-state index contributed by atoms with van der Waals surface area (Å²) in [5.74, 6) is 3.51. The fraction of sp³-hybridized carbons (Fsp3) is 0.400. The Labute approximate surface area is 197 Å². The molecule has 7 nitrogen and oxygen atoms in total. The molecule has 0 bridgehead atoms. The van der Waals surface area contributed by atoms with Crippen molar-refractivity contribution in [1.29, 1.82) is 0 Å². The van der Waals surface area contributed by atoms with E-state index in [0.717, 1.165) is 66.0 Å². The van der Waals surface area contributed by atoms with E-state index in [1.165, 1.54) is 11.8 Å². The van der Waals surface area contributed by atoms with Gasteiger partial charge < -0.3 is 14.4 Å². The molecule has 33 heavy (non-hydrogen) atoms. The Morgan fingerprint density at radius 2 is 1.82 bits per heavy atom. The molecule has 1 aromatic heterocycles. The van der Waals surface area contributed by atoms with Gasteiger partial charge in [-0.1, -0.05) is 36.0 Å². The minimum Gasteiger partial charge on any atom is -0.486 e. The summed E-state index contributed by atoms with van der Waals surface area (Å²) in [7, 11) is 0. The highest BCUT2D eigenvalue weighted by molar-refractivity contribution is 7.99. The standard InChI is InChI=1S/C25H26N4O3S/c30-23(28-12-4-7-20(28)18-10-11-21-22(15-18)32-14-13-31-21)16-33-25-27-26-24(17-8-9-17)29(25)19-5-2-1-3-6-19/h1-3,5-6,10-11,15,17,20H,4,7-9,12-14,16H2/t20-/m1/s1. The summed E-state index contributed by atoms with van der Waals surface area (Å²) < 4.78 is 13.5. The highest BCUT2D eigenvalue weighted by Crippen LogP contribution is 2.42. The average molecular weight is 463 g/mol. The number of rotatable bonds is 6. The molecule has 1 amide bonds. The molecule has 170 valence electrons. The van der Waals surface area contributed by atoms with Crippen LogP contribution >= 0.6 is 11.8 Å². The highest BCUT2D eigenvalue weighted by atomic mass is 32.2. The van der Waals surface area contributed by atoms with Gasteiger partial charge in [-0.3, -0.25) is 9.36 Å². The van der Waals surface area contributed by atoms with Crippen molar-refractivity contribution in [2.45, 2.75) is 42.8 Å². The molecule has 0 spiro atoms. The van der Waals surface area contributed by atoms with E-state index in [4.69, 9.17) is 9.47 Å². The van der Waals surface area contributed by atoms with Crippen LogP contribution in [0.2, 0.25) is 0 Å². The molecule has 1 atom stereocenters. The number of thioether (sulfide) groups is 1. The first kappa shape index (κ1) is 20.6. The van der Waals surface area contributed by atoms with E-state index < -0.39 is 0 Å². The largest absolute Gasteiger partial charge is 0.486 e. The number of likely N-dealkylation sites (tertiary alicyclic amines) is 1. The number of para-hydroxylation sites is 1. The smallest absolute Gasteiger partial charge is 0.233 e. The summed E-state index contributed by atoms with van der Waals surface area (Å²) in [6.07, 6.45) is 4.27. The predicted octanol–water partition coefficient (Wildman–Crippen LogP) is 4.37. The zero-order valence-corrected chi connectivity index (χ0v) is 19.2. The minimum absolute atomic E-state index is 0.0722. The van der Waals surface area contributed by atoms with E-state index >= 15 is 0 Å². The third-order valence-corrected chi connectivity index (χ3v) is 7.38. The maximum absolute atomic E-state index is 13.3. The normalized spacial score (nSPS) is 19.6. The lowest BCUT2D eigenvalue weighted by Gasteiger charge is -2.26. The van der Waals surface area contributed by atoms with E-state index in [9.17, 15) is 4.79 Å². The zero-order valence-electron chi connectivity index (χ0n) is 18.4. The Morgan fingerprint density at radius 1 is 1.00 bits per heavy atom. The topological polar surface area (TPSA) is 69.5 Å². The van der Waals surface area contributed by atoms with Crippen LogP contribution in [-0.4, -0.2) is 51.1 Å².